The average molecular weight is 480 g/mol. The Labute approximate surface area is 203 Å². The van der Waals surface area contributed by atoms with Gasteiger partial charge in [-0.3, -0.25) is 0 Å². The normalized spacial score (nSPS) is 19.1. The topological polar surface area (TPSA) is 85.5 Å². The zero-order chi connectivity index (χ0) is 22.7. The second-order valence-corrected chi connectivity index (χ2v) is 10.2. The van der Waals surface area contributed by atoms with Crippen molar-refractivity contribution in [2.45, 2.75) is 49.9 Å². The highest BCUT2D eigenvalue weighted by molar-refractivity contribution is 8.01. The first-order chi connectivity index (χ1) is 16.8. The summed E-state index contributed by atoms with van der Waals surface area (Å²) in [6.07, 6.45) is 8.53. The van der Waals surface area contributed by atoms with Crippen molar-refractivity contribution in [3.8, 4) is 28.8 Å². The van der Waals surface area contributed by atoms with Crippen molar-refractivity contribution in [2.75, 3.05) is 35.9 Å². The maximum Gasteiger partial charge on any atom is 0.250 e. The Morgan fingerprint density at radius 2 is 1.79 bits per heavy atom. The Morgan fingerprint density at radius 3 is 2.68 bits per heavy atom. The molecule has 3 aromatic rings. The standard InChI is InChI=1S/C25H29N5O3S/c1-2-14-32-23-15-17(7-10-26-23)24-27-28-25(33-24)21-6-3-18(29-34-20-4-5-20)16-22(21)30-11-8-19(9-12-30)31-13-1/h3,6-7,10,15-16,19-20,29H,1-2,4-5,8-9,11-14H2. The molecule has 0 spiro atoms. The van der Waals surface area contributed by atoms with Crippen LogP contribution in [0.15, 0.2) is 40.9 Å². The van der Waals surface area contributed by atoms with Crippen molar-refractivity contribution in [1.29, 1.82) is 0 Å². The summed E-state index contributed by atoms with van der Waals surface area (Å²) in [6, 6.07) is 10.1. The minimum Gasteiger partial charge on any atom is -0.478 e. The summed E-state index contributed by atoms with van der Waals surface area (Å²) in [5.41, 5.74) is 3.98. The number of aromatic nitrogens is 3. The molecule has 1 aliphatic carbocycles. The fourth-order valence-electron chi connectivity index (χ4n) is 4.34. The van der Waals surface area contributed by atoms with Gasteiger partial charge in [0.1, 0.15) is 0 Å². The minimum absolute atomic E-state index is 0.305. The van der Waals surface area contributed by atoms with Crippen LogP contribution in [0, 0.1) is 0 Å². The summed E-state index contributed by atoms with van der Waals surface area (Å²) >= 11 is 1.81. The largest absolute Gasteiger partial charge is 0.478 e. The van der Waals surface area contributed by atoms with Gasteiger partial charge in [-0.25, -0.2) is 4.98 Å². The Morgan fingerprint density at radius 1 is 0.941 bits per heavy atom. The van der Waals surface area contributed by atoms with Crippen LogP contribution in [0.2, 0.25) is 0 Å². The molecule has 4 aliphatic rings. The van der Waals surface area contributed by atoms with E-state index in [0.29, 0.717) is 30.4 Å². The van der Waals surface area contributed by atoms with Crippen LogP contribution in [-0.4, -0.2) is 52.8 Å². The number of hydrogen-bond donors (Lipinski definition) is 1. The second kappa shape index (κ2) is 9.84. The van der Waals surface area contributed by atoms with Gasteiger partial charge in [0.05, 0.1) is 24.0 Å². The van der Waals surface area contributed by atoms with Crippen LogP contribution in [0.1, 0.15) is 38.5 Å². The Hall–Kier alpha value is -2.78. The van der Waals surface area contributed by atoms with Gasteiger partial charge in [-0.05, 0) is 74.7 Å². The van der Waals surface area contributed by atoms with E-state index >= 15 is 0 Å². The monoisotopic (exact) mass is 479 g/mol. The van der Waals surface area contributed by atoms with Gasteiger partial charge < -0.3 is 23.5 Å². The van der Waals surface area contributed by atoms with E-state index in [-0.39, 0.29) is 0 Å². The summed E-state index contributed by atoms with van der Waals surface area (Å²) in [6.45, 7) is 3.26. The van der Waals surface area contributed by atoms with Crippen LogP contribution < -0.4 is 14.4 Å². The summed E-state index contributed by atoms with van der Waals surface area (Å²) < 4.78 is 21.7. The van der Waals surface area contributed by atoms with Crippen LogP contribution in [0.3, 0.4) is 0 Å². The molecule has 0 atom stereocenters. The number of fused-ring (bicyclic) bond motifs is 7. The summed E-state index contributed by atoms with van der Waals surface area (Å²) in [5.74, 6) is 1.55. The van der Waals surface area contributed by atoms with Gasteiger partial charge in [-0.2, -0.15) is 0 Å². The molecule has 0 radical (unpaired) electrons. The smallest absolute Gasteiger partial charge is 0.250 e. The highest BCUT2D eigenvalue weighted by Crippen LogP contribution is 2.39. The molecular formula is C25H29N5O3S. The maximum absolute atomic E-state index is 6.17. The minimum atomic E-state index is 0.305. The molecule has 2 fully saturated rings. The van der Waals surface area contributed by atoms with E-state index in [0.717, 1.165) is 73.1 Å². The van der Waals surface area contributed by atoms with E-state index in [9.17, 15) is 0 Å². The van der Waals surface area contributed by atoms with Gasteiger partial charge in [0.2, 0.25) is 17.7 Å². The SMILES string of the molecule is c1cc2cc(n1)OCCCCOC1CCN(CC1)c1cc(NSC3CC3)ccc1-c1nnc-2o1. The van der Waals surface area contributed by atoms with E-state index in [1.165, 1.54) is 12.8 Å². The molecule has 5 heterocycles. The van der Waals surface area contributed by atoms with Gasteiger partial charge in [0, 0.05) is 48.5 Å². The third-order valence-corrected chi connectivity index (χ3v) is 7.59. The lowest BCUT2D eigenvalue weighted by Gasteiger charge is -2.34. The lowest BCUT2D eigenvalue weighted by Crippen LogP contribution is -2.37. The van der Waals surface area contributed by atoms with Crippen LogP contribution in [0.25, 0.3) is 22.9 Å². The molecule has 9 heteroatoms. The number of hydrogen-bond acceptors (Lipinski definition) is 9. The van der Waals surface area contributed by atoms with Crippen LogP contribution in [0.5, 0.6) is 5.88 Å². The number of rotatable bonds is 3. The number of nitrogens with zero attached hydrogens (tertiary/aromatic N) is 4. The number of piperidine rings is 1. The van der Waals surface area contributed by atoms with Crippen molar-refractivity contribution in [2.24, 2.45) is 0 Å². The zero-order valence-electron chi connectivity index (χ0n) is 19.1. The van der Waals surface area contributed by atoms with Gasteiger partial charge in [0.25, 0.3) is 0 Å². The number of benzene rings is 1. The number of anilines is 2. The predicted molar refractivity (Wildman–Crippen MR) is 133 cm³/mol. The molecule has 0 amide bonds. The van der Waals surface area contributed by atoms with E-state index in [2.05, 4.69) is 43.0 Å². The first-order valence-corrected chi connectivity index (χ1v) is 13.1. The average Bonchev–Trinajstić information content (AvgIpc) is 3.58. The van der Waals surface area contributed by atoms with Crippen molar-refractivity contribution >= 4 is 23.3 Å². The fourth-order valence-corrected chi connectivity index (χ4v) is 5.14. The Kier molecular flexibility index (Phi) is 6.29. The first-order valence-electron chi connectivity index (χ1n) is 12.2. The molecule has 2 aromatic heterocycles. The molecule has 1 aromatic carbocycles. The summed E-state index contributed by atoms with van der Waals surface area (Å²) in [7, 11) is 0. The maximum atomic E-state index is 6.17. The van der Waals surface area contributed by atoms with Crippen LogP contribution in [0.4, 0.5) is 11.4 Å². The predicted octanol–water partition coefficient (Wildman–Crippen LogP) is 5.18. The molecule has 1 saturated heterocycles. The quantitative estimate of drug-likeness (QED) is 0.511. The van der Waals surface area contributed by atoms with Crippen molar-refractivity contribution in [1.82, 2.24) is 15.2 Å². The van der Waals surface area contributed by atoms with E-state index in [1.54, 1.807) is 6.20 Å². The van der Waals surface area contributed by atoms with Crippen LogP contribution >= 0.6 is 11.9 Å². The van der Waals surface area contributed by atoms with Crippen molar-refractivity contribution in [3.05, 3.63) is 36.5 Å². The van der Waals surface area contributed by atoms with Crippen molar-refractivity contribution in [3.63, 3.8) is 0 Å². The molecule has 1 N–H and O–H groups in total. The molecule has 6 bridgehead atoms. The molecule has 0 unspecified atom stereocenters. The molecule has 7 rings (SSSR count). The molecular weight excluding hydrogens is 450 g/mol. The third-order valence-electron chi connectivity index (χ3n) is 6.43. The number of pyridine rings is 1. The zero-order valence-corrected chi connectivity index (χ0v) is 19.9. The molecule has 8 nitrogen and oxygen atoms in total. The van der Waals surface area contributed by atoms with Crippen LogP contribution in [-0.2, 0) is 4.74 Å². The molecule has 178 valence electrons. The van der Waals surface area contributed by atoms with Gasteiger partial charge in [0.15, 0.2) is 0 Å². The fraction of sp³-hybridized carbons (Fsp3) is 0.480. The summed E-state index contributed by atoms with van der Waals surface area (Å²) in [4.78, 5) is 6.74. The molecule has 1 saturated carbocycles. The Balaban J connectivity index is 1.34. The number of nitrogens with one attached hydrogen (secondary N) is 1. The lowest BCUT2D eigenvalue weighted by molar-refractivity contribution is 0.0336. The lowest BCUT2D eigenvalue weighted by atomic mass is 10.0. The van der Waals surface area contributed by atoms with Gasteiger partial charge in [-0.1, -0.05) is 0 Å². The highest BCUT2D eigenvalue weighted by atomic mass is 32.2. The molecule has 3 aliphatic heterocycles. The highest BCUT2D eigenvalue weighted by Gasteiger charge is 2.26. The van der Waals surface area contributed by atoms with E-state index in [1.807, 2.05) is 24.1 Å². The van der Waals surface area contributed by atoms with E-state index < -0.39 is 0 Å². The first kappa shape index (κ1) is 21.7. The Bertz CT molecular complexity index is 1130. The molecule has 34 heavy (non-hydrogen) atoms. The van der Waals surface area contributed by atoms with Crippen molar-refractivity contribution < 1.29 is 13.9 Å². The van der Waals surface area contributed by atoms with Gasteiger partial charge >= 0.3 is 0 Å². The van der Waals surface area contributed by atoms with Gasteiger partial charge in [-0.15, -0.1) is 10.2 Å². The summed E-state index contributed by atoms with van der Waals surface area (Å²) in [5, 5.41) is 9.48. The number of ether oxygens (including phenoxy) is 2. The second-order valence-electron chi connectivity index (χ2n) is 9.06. The third kappa shape index (κ3) is 5.00. The van der Waals surface area contributed by atoms with E-state index in [4.69, 9.17) is 13.9 Å².